The summed E-state index contributed by atoms with van der Waals surface area (Å²) in [6, 6.07) is 2.23. The zero-order chi connectivity index (χ0) is 15.1. The van der Waals surface area contributed by atoms with E-state index < -0.39 is 0 Å². The fourth-order valence-corrected chi connectivity index (χ4v) is 3.62. The lowest BCUT2D eigenvalue weighted by atomic mass is 10.1. The molecular formula is C16H21N5O. The smallest absolute Gasteiger partial charge is 0.226 e. The van der Waals surface area contributed by atoms with E-state index in [4.69, 9.17) is 0 Å². The highest BCUT2D eigenvalue weighted by Gasteiger charge is 2.48. The molecule has 6 nitrogen and oxygen atoms in total. The van der Waals surface area contributed by atoms with Crippen LogP contribution in [0.2, 0.25) is 0 Å². The van der Waals surface area contributed by atoms with E-state index in [-0.39, 0.29) is 5.92 Å². The number of carbonyl (C=O) groups excluding carboxylic acids is 1. The van der Waals surface area contributed by atoms with E-state index in [1.165, 1.54) is 5.56 Å². The maximum atomic E-state index is 12.8. The van der Waals surface area contributed by atoms with Crippen molar-refractivity contribution in [3.05, 3.63) is 36.4 Å². The SMILES string of the molecule is Cn1cc([C@@H]2C[C@@H]2C(=O)N2CCC[C@@H]2Cn2cccn2)cn1. The van der Waals surface area contributed by atoms with Crippen LogP contribution in [-0.2, 0) is 18.4 Å². The molecule has 1 saturated carbocycles. The molecule has 2 aliphatic rings. The highest BCUT2D eigenvalue weighted by molar-refractivity contribution is 5.83. The van der Waals surface area contributed by atoms with E-state index >= 15 is 0 Å². The minimum Gasteiger partial charge on any atom is -0.338 e. The van der Waals surface area contributed by atoms with E-state index in [0.29, 0.717) is 17.9 Å². The third-order valence-corrected chi connectivity index (χ3v) is 4.88. The predicted molar refractivity (Wildman–Crippen MR) is 81.0 cm³/mol. The standard InChI is InChI=1S/C16H21N5O/c1-19-10-12(9-18-19)14-8-15(14)16(22)21-7-2-4-13(21)11-20-6-3-5-17-20/h3,5-6,9-10,13-15H,2,4,7-8,11H2,1H3/t13-,14+,15+/m1/s1. The molecule has 6 heteroatoms. The Morgan fingerprint density at radius 2 is 2.32 bits per heavy atom. The summed E-state index contributed by atoms with van der Waals surface area (Å²) in [6.45, 7) is 1.70. The highest BCUT2D eigenvalue weighted by atomic mass is 16.2. The largest absolute Gasteiger partial charge is 0.338 e. The molecule has 4 rings (SSSR count). The van der Waals surface area contributed by atoms with Crippen molar-refractivity contribution in [1.82, 2.24) is 24.5 Å². The van der Waals surface area contributed by atoms with Crippen molar-refractivity contribution in [2.75, 3.05) is 6.54 Å². The molecule has 2 aromatic heterocycles. The maximum absolute atomic E-state index is 12.8. The van der Waals surface area contributed by atoms with Crippen LogP contribution in [0.1, 0.15) is 30.7 Å². The summed E-state index contributed by atoms with van der Waals surface area (Å²) in [6.07, 6.45) is 10.8. The van der Waals surface area contributed by atoms with Gasteiger partial charge in [0.05, 0.1) is 18.8 Å². The topological polar surface area (TPSA) is 56.0 Å². The molecule has 1 aliphatic carbocycles. The van der Waals surface area contributed by atoms with Gasteiger partial charge in [-0.25, -0.2) is 0 Å². The summed E-state index contributed by atoms with van der Waals surface area (Å²) in [7, 11) is 1.92. The maximum Gasteiger partial charge on any atom is 0.226 e. The van der Waals surface area contributed by atoms with Gasteiger partial charge in [0.1, 0.15) is 0 Å². The number of amides is 1. The lowest BCUT2D eigenvalue weighted by Gasteiger charge is -2.25. The molecule has 1 saturated heterocycles. The molecule has 0 bridgehead atoms. The molecular weight excluding hydrogens is 278 g/mol. The number of aryl methyl sites for hydroxylation is 1. The quantitative estimate of drug-likeness (QED) is 0.858. The van der Waals surface area contributed by atoms with Crippen molar-refractivity contribution in [2.24, 2.45) is 13.0 Å². The fraction of sp³-hybridized carbons (Fsp3) is 0.562. The molecule has 3 atom stereocenters. The molecule has 0 radical (unpaired) electrons. The summed E-state index contributed by atoms with van der Waals surface area (Å²) < 4.78 is 3.74. The molecule has 0 spiro atoms. The van der Waals surface area contributed by atoms with Gasteiger partial charge in [0, 0.05) is 38.1 Å². The molecule has 116 valence electrons. The van der Waals surface area contributed by atoms with Gasteiger partial charge in [-0.2, -0.15) is 10.2 Å². The van der Waals surface area contributed by atoms with Gasteiger partial charge in [-0.3, -0.25) is 14.2 Å². The van der Waals surface area contributed by atoms with Gasteiger partial charge in [-0.1, -0.05) is 0 Å². The second-order valence-electron chi connectivity index (χ2n) is 6.45. The highest BCUT2D eigenvalue weighted by Crippen LogP contribution is 2.49. The predicted octanol–water partition coefficient (Wildman–Crippen LogP) is 1.41. The monoisotopic (exact) mass is 299 g/mol. The van der Waals surface area contributed by atoms with Crippen molar-refractivity contribution in [2.45, 2.75) is 37.8 Å². The summed E-state index contributed by atoms with van der Waals surface area (Å²) in [5, 5.41) is 8.48. The van der Waals surface area contributed by atoms with E-state index in [1.807, 2.05) is 41.1 Å². The van der Waals surface area contributed by atoms with Gasteiger partial charge >= 0.3 is 0 Å². The van der Waals surface area contributed by atoms with Crippen molar-refractivity contribution in [1.29, 1.82) is 0 Å². The Kier molecular flexibility index (Phi) is 3.24. The van der Waals surface area contributed by atoms with Crippen molar-refractivity contribution in [3.8, 4) is 0 Å². The van der Waals surface area contributed by atoms with Crippen LogP contribution in [0.4, 0.5) is 0 Å². The number of likely N-dealkylation sites (tertiary alicyclic amines) is 1. The molecule has 22 heavy (non-hydrogen) atoms. The third kappa shape index (κ3) is 2.42. The number of carbonyl (C=O) groups is 1. The minimum atomic E-state index is 0.155. The zero-order valence-electron chi connectivity index (χ0n) is 12.8. The summed E-state index contributed by atoms with van der Waals surface area (Å²) in [5.74, 6) is 0.845. The third-order valence-electron chi connectivity index (χ3n) is 4.88. The normalized spacial score (nSPS) is 27.3. The number of rotatable bonds is 4. The Hall–Kier alpha value is -2.11. The number of hydrogen-bond donors (Lipinski definition) is 0. The molecule has 2 aromatic rings. The van der Waals surface area contributed by atoms with E-state index in [1.54, 1.807) is 6.20 Å². The van der Waals surface area contributed by atoms with Crippen LogP contribution in [0.25, 0.3) is 0 Å². The zero-order valence-corrected chi connectivity index (χ0v) is 12.8. The molecule has 0 aromatic carbocycles. The van der Waals surface area contributed by atoms with E-state index in [9.17, 15) is 4.79 Å². The summed E-state index contributed by atoms with van der Waals surface area (Å²) in [5.41, 5.74) is 1.20. The second kappa shape index (κ2) is 5.26. The van der Waals surface area contributed by atoms with Crippen LogP contribution in [0.3, 0.4) is 0 Å². The van der Waals surface area contributed by atoms with Crippen molar-refractivity contribution in [3.63, 3.8) is 0 Å². The molecule has 0 unspecified atom stereocenters. The van der Waals surface area contributed by atoms with Crippen LogP contribution < -0.4 is 0 Å². The first-order valence-corrected chi connectivity index (χ1v) is 7.99. The van der Waals surface area contributed by atoms with E-state index in [0.717, 1.165) is 32.4 Å². The first kappa shape index (κ1) is 13.5. The van der Waals surface area contributed by atoms with Crippen molar-refractivity contribution >= 4 is 5.91 Å². The average molecular weight is 299 g/mol. The first-order chi connectivity index (χ1) is 10.7. The van der Waals surface area contributed by atoms with Crippen molar-refractivity contribution < 1.29 is 4.79 Å². The van der Waals surface area contributed by atoms with Gasteiger partial charge in [-0.05, 0) is 36.8 Å². The molecule has 3 heterocycles. The van der Waals surface area contributed by atoms with Crippen LogP contribution in [0.5, 0.6) is 0 Å². The molecule has 1 aliphatic heterocycles. The van der Waals surface area contributed by atoms with Gasteiger partial charge in [0.15, 0.2) is 0 Å². The Morgan fingerprint density at radius 1 is 1.41 bits per heavy atom. The number of nitrogens with zero attached hydrogens (tertiary/aromatic N) is 5. The van der Waals surface area contributed by atoms with E-state index in [2.05, 4.69) is 15.1 Å². The first-order valence-electron chi connectivity index (χ1n) is 7.99. The summed E-state index contributed by atoms with van der Waals surface area (Å²) in [4.78, 5) is 14.9. The minimum absolute atomic E-state index is 0.155. The fourth-order valence-electron chi connectivity index (χ4n) is 3.62. The van der Waals surface area contributed by atoms with Crippen LogP contribution in [0.15, 0.2) is 30.9 Å². The number of aromatic nitrogens is 4. The average Bonchev–Trinajstić information content (AvgIpc) is 2.91. The summed E-state index contributed by atoms with van der Waals surface area (Å²) >= 11 is 0. The lowest BCUT2D eigenvalue weighted by molar-refractivity contribution is -0.133. The van der Waals surface area contributed by atoms with Crippen LogP contribution in [-0.4, -0.2) is 43.0 Å². The Bertz CT molecular complexity index is 662. The Balaban J connectivity index is 1.42. The van der Waals surface area contributed by atoms with Gasteiger partial charge in [-0.15, -0.1) is 0 Å². The number of hydrogen-bond acceptors (Lipinski definition) is 3. The van der Waals surface area contributed by atoms with Crippen LogP contribution >= 0.6 is 0 Å². The molecule has 1 amide bonds. The molecule has 0 N–H and O–H groups in total. The lowest BCUT2D eigenvalue weighted by Crippen LogP contribution is -2.39. The van der Waals surface area contributed by atoms with Gasteiger partial charge < -0.3 is 4.90 Å². The van der Waals surface area contributed by atoms with Crippen LogP contribution in [0, 0.1) is 5.92 Å². The van der Waals surface area contributed by atoms with Gasteiger partial charge in [0.25, 0.3) is 0 Å². The second-order valence-corrected chi connectivity index (χ2v) is 6.45. The Morgan fingerprint density at radius 3 is 3.05 bits per heavy atom. The Labute approximate surface area is 129 Å². The van der Waals surface area contributed by atoms with Gasteiger partial charge in [0.2, 0.25) is 5.91 Å². The molecule has 2 fully saturated rings.